The lowest BCUT2D eigenvalue weighted by molar-refractivity contribution is 0.577. The largest absolute Gasteiger partial charge is 0.289 e. The van der Waals surface area contributed by atoms with Gasteiger partial charge < -0.3 is 0 Å². The first kappa shape index (κ1) is 12.9. The second kappa shape index (κ2) is 12.0. The zero-order chi connectivity index (χ0) is 9.11. The zero-order valence-corrected chi connectivity index (χ0v) is 8.15. The standard InChI is InChI=1S/C3H8.C2H6N4.C2H6/c1-3-2;1-2-3-5-6-4-2;1-2/h3H2,1-2H3;5-6H,1H3,(H,3,4);1-2H3. The number of hydrogen-bond donors (Lipinski definition) is 3. The number of hydrogen-bond acceptors (Lipinski definition) is 4. The molecular formula is C7H20N4. The molecule has 1 aliphatic rings. The summed E-state index contributed by atoms with van der Waals surface area (Å²) in [5, 5.41) is 3.68. The van der Waals surface area contributed by atoms with E-state index in [-0.39, 0.29) is 0 Å². The van der Waals surface area contributed by atoms with Crippen LogP contribution in [0.4, 0.5) is 0 Å². The summed E-state index contributed by atoms with van der Waals surface area (Å²) in [7, 11) is 0. The quantitative estimate of drug-likeness (QED) is 0.501. The van der Waals surface area contributed by atoms with Crippen LogP contribution in [0.25, 0.3) is 0 Å². The monoisotopic (exact) mass is 160 g/mol. The first-order valence-electron chi connectivity index (χ1n) is 4.11. The van der Waals surface area contributed by atoms with Gasteiger partial charge >= 0.3 is 0 Å². The zero-order valence-electron chi connectivity index (χ0n) is 8.15. The summed E-state index contributed by atoms with van der Waals surface area (Å²) < 4.78 is 0. The van der Waals surface area contributed by atoms with Crippen LogP contribution in [-0.4, -0.2) is 5.84 Å². The maximum atomic E-state index is 3.68. The summed E-state index contributed by atoms with van der Waals surface area (Å²) >= 11 is 0. The van der Waals surface area contributed by atoms with E-state index in [9.17, 15) is 0 Å². The van der Waals surface area contributed by atoms with E-state index in [1.54, 1.807) is 0 Å². The van der Waals surface area contributed by atoms with E-state index in [4.69, 9.17) is 0 Å². The van der Waals surface area contributed by atoms with Gasteiger partial charge in [-0.05, 0) is 6.92 Å². The van der Waals surface area contributed by atoms with Gasteiger partial charge in [0, 0.05) is 0 Å². The number of rotatable bonds is 0. The molecule has 0 radical (unpaired) electrons. The first-order valence-corrected chi connectivity index (χ1v) is 4.11. The molecule has 4 heteroatoms. The van der Waals surface area contributed by atoms with Gasteiger partial charge in [0.25, 0.3) is 0 Å². The topological polar surface area (TPSA) is 48.5 Å². The number of amidine groups is 1. The minimum Gasteiger partial charge on any atom is -0.289 e. The van der Waals surface area contributed by atoms with E-state index in [2.05, 4.69) is 35.4 Å². The summed E-state index contributed by atoms with van der Waals surface area (Å²) in [6.07, 6.45) is 1.25. The van der Waals surface area contributed by atoms with Crippen LogP contribution in [0.15, 0.2) is 5.10 Å². The fourth-order valence-electron chi connectivity index (χ4n) is 0.258. The second-order valence-corrected chi connectivity index (χ2v) is 1.77. The minimum atomic E-state index is 0.856. The molecule has 11 heavy (non-hydrogen) atoms. The van der Waals surface area contributed by atoms with Gasteiger partial charge in [-0.3, -0.25) is 5.43 Å². The van der Waals surface area contributed by atoms with Gasteiger partial charge in [0.2, 0.25) is 0 Å². The molecule has 0 saturated heterocycles. The van der Waals surface area contributed by atoms with Crippen LogP contribution in [-0.2, 0) is 0 Å². The van der Waals surface area contributed by atoms with Crippen molar-refractivity contribution in [3.63, 3.8) is 0 Å². The van der Waals surface area contributed by atoms with E-state index >= 15 is 0 Å². The predicted octanol–water partition coefficient (Wildman–Crippen LogP) is 1.37. The van der Waals surface area contributed by atoms with Crippen LogP contribution in [0.5, 0.6) is 0 Å². The molecule has 68 valence electrons. The van der Waals surface area contributed by atoms with Crippen molar-refractivity contribution >= 4 is 5.84 Å². The predicted molar refractivity (Wildman–Crippen MR) is 49.8 cm³/mol. The third-order valence-corrected chi connectivity index (χ3v) is 0.523. The highest BCUT2D eigenvalue weighted by atomic mass is 15.8. The fourth-order valence-corrected chi connectivity index (χ4v) is 0.258. The van der Waals surface area contributed by atoms with Crippen LogP contribution in [0.3, 0.4) is 0 Å². The average molecular weight is 160 g/mol. The Morgan fingerprint density at radius 1 is 1.27 bits per heavy atom. The Labute approximate surface area is 69.4 Å². The van der Waals surface area contributed by atoms with E-state index in [1.807, 2.05) is 20.8 Å². The molecule has 0 saturated carbocycles. The summed E-state index contributed by atoms with van der Waals surface area (Å²) in [4.78, 5) is 0. The number of hydrazone groups is 1. The van der Waals surface area contributed by atoms with Crippen molar-refractivity contribution in [1.82, 2.24) is 16.5 Å². The van der Waals surface area contributed by atoms with Crippen molar-refractivity contribution in [2.75, 3.05) is 0 Å². The molecule has 3 N–H and O–H groups in total. The van der Waals surface area contributed by atoms with Crippen LogP contribution in [0.2, 0.25) is 0 Å². The Kier molecular flexibility index (Phi) is 14.0. The highest BCUT2D eigenvalue weighted by Crippen LogP contribution is 1.66. The van der Waals surface area contributed by atoms with E-state index in [0.29, 0.717) is 0 Å². The molecular weight excluding hydrogens is 140 g/mol. The molecule has 0 bridgehead atoms. The van der Waals surface area contributed by atoms with Crippen molar-refractivity contribution in [3.05, 3.63) is 0 Å². The molecule has 0 spiro atoms. The fraction of sp³-hybridized carbons (Fsp3) is 0.857. The van der Waals surface area contributed by atoms with Crippen molar-refractivity contribution in [1.29, 1.82) is 0 Å². The summed E-state index contributed by atoms with van der Waals surface area (Å²) in [5.41, 5.74) is 7.78. The molecule has 1 aliphatic heterocycles. The molecule has 0 fully saturated rings. The number of nitrogens with zero attached hydrogens (tertiary/aromatic N) is 1. The molecule has 0 atom stereocenters. The van der Waals surface area contributed by atoms with Crippen molar-refractivity contribution in [2.24, 2.45) is 5.10 Å². The Bertz CT molecular complexity index is 90.4. The van der Waals surface area contributed by atoms with Crippen molar-refractivity contribution in [2.45, 2.75) is 41.0 Å². The van der Waals surface area contributed by atoms with Gasteiger partial charge in [-0.2, -0.15) is 0 Å². The Hall–Kier alpha value is -0.770. The minimum absolute atomic E-state index is 0.856. The second-order valence-electron chi connectivity index (χ2n) is 1.77. The van der Waals surface area contributed by atoms with Crippen LogP contribution in [0.1, 0.15) is 41.0 Å². The molecule has 0 unspecified atom stereocenters. The third kappa shape index (κ3) is 12.4. The molecule has 0 aromatic carbocycles. The maximum Gasteiger partial charge on any atom is 0.136 e. The lowest BCUT2D eigenvalue weighted by atomic mass is 10.6. The van der Waals surface area contributed by atoms with Gasteiger partial charge in [0.15, 0.2) is 0 Å². The smallest absolute Gasteiger partial charge is 0.136 e. The normalized spacial score (nSPS) is 12.3. The van der Waals surface area contributed by atoms with Gasteiger partial charge in [-0.15, -0.1) is 10.6 Å². The van der Waals surface area contributed by atoms with Crippen LogP contribution < -0.4 is 16.5 Å². The Morgan fingerprint density at radius 3 is 1.82 bits per heavy atom. The van der Waals surface area contributed by atoms with Gasteiger partial charge in [0.05, 0.1) is 0 Å². The summed E-state index contributed by atoms with van der Waals surface area (Å²) in [6, 6.07) is 0. The molecule has 1 rings (SSSR count). The molecule has 1 heterocycles. The highest BCUT2D eigenvalue weighted by molar-refractivity contribution is 5.79. The summed E-state index contributed by atoms with van der Waals surface area (Å²) in [5.74, 6) is 0.856. The van der Waals surface area contributed by atoms with Gasteiger partial charge in [0.1, 0.15) is 5.84 Å². The van der Waals surface area contributed by atoms with E-state index in [1.165, 1.54) is 6.42 Å². The molecule has 0 amide bonds. The maximum absolute atomic E-state index is 3.68. The summed E-state index contributed by atoms with van der Waals surface area (Å²) in [6.45, 7) is 10.1. The lowest BCUT2D eigenvalue weighted by Crippen LogP contribution is -2.33. The van der Waals surface area contributed by atoms with Crippen molar-refractivity contribution < 1.29 is 0 Å². The lowest BCUT2D eigenvalue weighted by Gasteiger charge is -1.87. The van der Waals surface area contributed by atoms with Gasteiger partial charge in [-0.25, -0.2) is 5.53 Å². The Morgan fingerprint density at radius 2 is 1.73 bits per heavy atom. The van der Waals surface area contributed by atoms with Crippen LogP contribution in [0, 0.1) is 0 Å². The SMILES string of the molecule is CC.CC1=NNNN1.CCC. The first-order chi connectivity index (χ1) is 5.31. The van der Waals surface area contributed by atoms with Gasteiger partial charge in [-0.1, -0.05) is 34.1 Å². The molecule has 0 aliphatic carbocycles. The third-order valence-electron chi connectivity index (χ3n) is 0.523. The highest BCUT2D eigenvalue weighted by Gasteiger charge is 1.90. The van der Waals surface area contributed by atoms with E-state index in [0.717, 1.165) is 5.84 Å². The average Bonchev–Trinajstić information content (AvgIpc) is 2.46. The Balaban J connectivity index is 0. The number of hydrazine groups is 2. The molecule has 0 aromatic rings. The van der Waals surface area contributed by atoms with E-state index < -0.39 is 0 Å². The molecule has 0 aromatic heterocycles. The number of nitrogens with one attached hydrogen (secondary N) is 3. The molecule has 4 nitrogen and oxygen atoms in total. The van der Waals surface area contributed by atoms with Crippen LogP contribution >= 0.6 is 0 Å². The van der Waals surface area contributed by atoms with Crippen molar-refractivity contribution in [3.8, 4) is 0 Å².